The minimum atomic E-state index is -0.163. The smallest absolute Gasteiger partial charge is 0.263 e. The highest BCUT2D eigenvalue weighted by Gasteiger charge is 2.26. The molecule has 1 amide bonds. The second-order valence-corrected chi connectivity index (χ2v) is 8.15. The summed E-state index contributed by atoms with van der Waals surface area (Å²) in [6.45, 7) is 11.9. The molecule has 0 radical (unpaired) electrons. The van der Waals surface area contributed by atoms with Crippen molar-refractivity contribution in [1.82, 2.24) is 14.4 Å². The van der Waals surface area contributed by atoms with Gasteiger partial charge in [-0.2, -0.15) is 0 Å². The van der Waals surface area contributed by atoms with Crippen LogP contribution in [0, 0.1) is 12.8 Å². The monoisotopic (exact) mass is 391 g/mol. The van der Waals surface area contributed by atoms with Gasteiger partial charge in [-0.05, 0) is 30.9 Å². The average Bonchev–Trinajstić information content (AvgIpc) is 3.19. The van der Waals surface area contributed by atoms with Crippen LogP contribution in [-0.2, 0) is 16.0 Å². The minimum absolute atomic E-state index is 0.0871. The zero-order valence-electron chi connectivity index (χ0n) is 17.4. The summed E-state index contributed by atoms with van der Waals surface area (Å²) in [5.41, 5.74) is 0.921. The summed E-state index contributed by atoms with van der Waals surface area (Å²) in [6.07, 6.45) is 3.49. The highest BCUT2D eigenvalue weighted by molar-refractivity contribution is 5.95. The molecule has 0 aliphatic carbocycles. The topological polar surface area (TPSA) is 64.0 Å². The second-order valence-electron chi connectivity index (χ2n) is 8.15. The lowest BCUT2D eigenvalue weighted by Crippen LogP contribution is -2.50. The summed E-state index contributed by atoms with van der Waals surface area (Å²) in [5.74, 6) is 0.379. The van der Waals surface area contributed by atoms with Crippen LogP contribution in [-0.4, -0.2) is 72.5 Å². The minimum Gasteiger partial charge on any atom is -0.350 e. The van der Waals surface area contributed by atoms with Crippen LogP contribution in [0.3, 0.4) is 0 Å². The number of rotatable bonds is 7. The van der Waals surface area contributed by atoms with E-state index in [0.29, 0.717) is 44.3 Å². The Morgan fingerprint density at radius 1 is 1.14 bits per heavy atom. The lowest BCUT2D eigenvalue weighted by molar-refractivity contribution is -0.0529. The van der Waals surface area contributed by atoms with Crippen molar-refractivity contribution in [2.45, 2.75) is 46.4 Å². The van der Waals surface area contributed by atoms with E-state index in [1.165, 1.54) is 0 Å². The van der Waals surface area contributed by atoms with Crippen LogP contribution in [0.1, 0.15) is 42.6 Å². The maximum atomic E-state index is 13.1. The Labute approximate surface area is 167 Å². The highest BCUT2D eigenvalue weighted by Crippen LogP contribution is 2.13. The number of aromatic nitrogens is 1. The molecule has 2 aliphatic heterocycles. The Kier molecular flexibility index (Phi) is 7.26. The molecule has 3 heterocycles. The van der Waals surface area contributed by atoms with Gasteiger partial charge in [0.25, 0.3) is 11.5 Å². The maximum absolute atomic E-state index is 13.1. The summed E-state index contributed by atoms with van der Waals surface area (Å²) in [7, 11) is 0. The largest absolute Gasteiger partial charge is 0.350 e. The number of pyridine rings is 1. The van der Waals surface area contributed by atoms with Crippen LogP contribution in [0.2, 0.25) is 0 Å². The number of ether oxygens (including phenoxy) is 2. The summed E-state index contributed by atoms with van der Waals surface area (Å²) in [4.78, 5) is 30.1. The van der Waals surface area contributed by atoms with Crippen LogP contribution in [0.5, 0.6) is 0 Å². The summed E-state index contributed by atoms with van der Waals surface area (Å²) in [6, 6.07) is 1.88. The Morgan fingerprint density at radius 2 is 1.82 bits per heavy atom. The summed E-state index contributed by atoms with van der Waals surface area (Å²) in [5, 5.41) is 0. The molecule has 156 valence electrons. The predicted octanol–water partition coefficient (Wildman–Crippen LogP) is 1.72. The molecule has 0 saturated carbocycles. The highest BCUT2D eigenvalue weighted by atomic mass is 16.7. The first-order chi connectivity index (χ1) is 13.5. The van der Waals surface area contributed by atoms with E-state index in [2.05, 4.69) is 18.7 Å². The number of piperazine rings is 1. The normalized spacial score (nSPS) is 18.9. The Morgan fingerprint density at radius 3 is 2.46 bits per heavy atom. The third-order valence-corrected chi connectivity index (χ3v) is 5.57. The Hall–Kier alpha value is -1.70. The third kappa shape index (κ3) is 5.21. The van der Waals surface area contributed by atoms with Crippen molar-refractivity contribution in [3.8, 4) is 0 Å². The fourth-order valence-electron chi connectivity index (χ4n) is 3.69. The second kappa shape index (κ2) is 9.67. The zero-order valence-corrected chi connectivity index (χ0v) is 17.4. The number of hydrogen-bond donors (Lipinski definition) is 0. The molecule has 0 bridgehead atoms. The number of carbonyl (C=O) groups is 1. The molecule has 0 aromatic carbocycles. The van der Waals surface area contributed by atoms with Gasteiger partial charge < -0.3 is 18.9 Å². The molecule has 1 aromatic rings. The molecule has 28 heavy (non-hydrogen) atoms. The number of aryl methyl sites for hydroxylation is 2. The predicted molar refractivity (Wildman–Crippen MR) is 108 cm³/mol. The van der Waals surface area contributed by atoms with E-state index >= 15 is 0 Å². The molecule has 0 unspecified atom stereocenters. The quantitative estimate of drug-likeness (QED) is 0.708. The van der Waals surface area contributed by atoms with E-state index in [0.717, 1.165) is 38.0 Å². The first-order valence-electron chi connectivity index (χ1n) is 10.4. The summed E-state index contributed by atoms with van der Waals surface area (Å²) < 4.78 is 12.6. The molecule has 2 aliphatic rings. The van der Waals surface area contributed by atoms with E-state index in [9.17, 15) is 9.59 Å². The molecule has 2 fully saturated rings. The van der Waals surface area contributed by atoms with Crippen LogP contribution in [0.4, 0.5) is 0 Å². The van der Waals surface area contributed by atoms with Gasteiger partial charge in [-0.25, -0.2) is 0 Å². The zero-order chi connectivity index (χ0) is 20.1. The average molecular weight is 392 g/mol. The molecule has 0 atom stereocenters. The number of amides is 1. The first kappa shape index (κ1) is 21.0. The molecule has 0 spiro atoms. The fourth-order valence-corrected chi connectivity index (χ4v) is 3.69. The molecule has 2 saturated heterocycles. The molecular weight excluding hydrogens is 358 g/mol. The van der Waals surface area contributed by atoms with E-state index in [-0.39, 0.29) is 17.8 Å². The molecule has 7 nitrogen and oxygen atoms in total. The standard InChI is InChI=1S/C21H33N3O4/c1-16(2)4-8-23-9-5-17(3)19(20(23)25)21(26)24-12-10-22(11-13-24)7-6-18-27-14-15-28-18/h5,9,16,18H,4,6-8,10-15H2,1-3H3. The van der Waals surface area contributed by atoms with Gasteiger partial charge in [0.15, 0.2) is 6.29 Å². The molecular formula is C21H33N3O4. The number of nitrogens with zero attached hydrogens (tertiary/aromatic N) is 3. The van der Waals surface area contributed by atoms with Gasteiger partial charge in [-0.3, -0.25) is 14.5 Å². The van der Waals surface area contributed by atoms with E-state index in [1.54, 1.807) is 4.57 Å². The lowest BCUT2D eigenvalue weighted by atomic mass is 10.1. The van der Waals surface area contributed by atoms with Gasteiger partial charge in [0.05, 0.1) is 13.2 Å². The Bertz CT molecular complexity index is 717. The van der Waals surface area contributed by atoms with Crippen LogP contribution < -0.4 is 5.56 Å². The van der Waals surface area contributed by atoms with Gasteiger partial charge in [-0.1, -0.05) is 13.8 Å². The van der Waals surface area contributed by atoms with Crippen molar-refractivity contribution >= 4 is 5.91 Å². The van der Waals surface area contributed by atoms with Crippen molar-refractivity contribution in [2.75, 3.05) is 45.9 Å². The lowest BCUT2D eigenvalue weighted by Gasteiger charge is -2.35. The first-order valence-corrected chi connectivity index (χ1v) is 10.4. The molecule has 7 heteroatoms. The van der Waals surface area contributed by atoms with Crippen molar-refractivity contribution in [3.63, 3.8) is 0 Å². The number of hydrogen-bond acceptors (Lipinski definition) is 5. The van der Waals surface area contributed by atoms with Crippen LogP contribution in [0.15, 0.2) is 17.1 Å². The molecule has 1 aromatic heterocycles. The maximum Gasteiger partial charge on any atom is 0.263 e. The van der Waals surface area contributed by atoms with Crippen LogP contribution in [0.25, 0.3) is 0 Å². The number of carbonyl (C=O) groups excluding carboxylic acids is 1. The molecule has 0 N–H and O–H groups in total. The van der Waals surface area contributed by atoms with Gasteiger partial charge in [0, 0.05) is 51.9 Å². The summed E-state index contributed by atoms with van der Waals surface area (Å²) >= 11 is 0. The van der Waals surface area contributed by atoms with E-state index in [1.807, 2.05) is 24.1 Å². The van der Waals surface area contributed by atoms with E-state index < -0.39 is 0 Å². The van der Waals surface area contributed by atoms with Crippen molar-refractivity contribution in [1.29, 1.82) is 0 Å². The fraction of sp³-hybridized carbons (Fsp3) is 0.714. The van der Waals surface area contributed by atoms with Gasteiger partial charge >= 0.3 is 0 Å². The van der Waals surface area contributed by atoms with Crippen molar-refractivity contribution in [2.24, 2.45) is 5.92 Å². The Balaban J connectivity index is 1.58. The molecule has 3 rings (SSSR count). The third-order valence-electron chi connectivity index (χ3n) is 5.57. The van der Waals surface area contributed by atoms with Gasteiger partial charge in [-0.15, -0.1) is 0 Å². The SMILES string of the molecule is Cc1ccn(CCC(C)C)c(=O)c1C(=O)N1CCN(CCC2OCCO2)CC1. The van der Waals surface area contributed by atoms with Crippen molar-refractivity contribution in [3.05, 3.63) is 33.7 Å². The van der Waals surface area contributed by atoms with Crippen LogP contribution >= 0.6 is 0 Å². The van der Waals surface area contributed by atoms with Crippen molar-refractivity contribution < 1.29 is 14.3 Å². The van der Waals surface area contributed by atoms with Gasteiger partial charge in [0.1, 0.15) is 5.56 Å². The van der Waals surface area contributed by atoms with Gasteiger partial charge in [0.2, 0.25) is 0 Å². The van der Waals surface area contributed by atoms with E-state index in [4.69, 9.17) is 9.47 Å².